The predicted octanol–water partition coefficient (Wildman–Crippen LogP) is 2.50. The molecule has 0 saturated heterocycles. The molecule has 2 aromatic rings. The van der Waals surface area contributed by atoms with Crippen LogP contribution in [0.5, 0.6) is 11.5 Å². The maximum absolute atomic E-state index is 12.2. The third-order valence-electron chi connectivity index (χ3n) is 3.64. The highest BCUT2D eigenvalue weighted by Crippen LogP contribution is 2.23. The van der Waals surface area contributed by atoms with Crippen LogP contribution in [0.3, 0.4) is 0 Å². The second kappa shape index (κ2) is 8.57. The molecule has 0 fully saturated rings. The average Bonchev–Trinajstić information content (AvgIpc) is 2.61. The zero-order valence-electron chi connectivity index (χ0n) is 14.9. The van der Waals surface area contributed by atoms with Gasteiger partial charge in [-0.05, 0) is 24.3 Å². The fourth-order valence-corrected chi connectivity index (χ4v) is 3.30. The van der Waals surface area contributed by atoms with Crippen molar-refractivity contribution in [1.82, 2.24) is 0 Å². The van der Waals surface area contributed by atoms with Crippen LogP contribution < -0.4 is 19.1 Å². The van der Waals surface area contributed by atoms with Gasteiger partial charge in [0.25, 0.3) is 0 Å². The van der Waals surface area contributed by atoms with E-state index in [1.807, 2.05) is 0 Å². The van der Waals surface area contributed by atoms with Crippen LogP contribution in [0.2, 0.25) is 0 Å². The summed E-state index contributed by atoms with van der Waals surface area (Å²) in [6, 6.07) is 13.6. The molecule has 0 atom stereocenters. The Bertz CT molecular complexity index is 867. The van der Waals surface area contributed by atoms with Crippen LogP contribution in [0.15, 0.2) is 48.5 Å². The molecule has 8 heteroatoms. The van der Waals surface area contributed by atoms with E-state index < -0.39 is 10.0 Å². The molecule has 0 bridgehead atoms. The second-order valence-corrected chi connectivity index (χ2v) is 7.47. The highest BCUT2D eigenvalue weighted by Gasteiger charge is 2.19. The topological polar surface area (TPSA) is 84.9 Å². The minimum atomic E-state index is -3.54. The molecule has 0 spiro atoms. The van der Waals surface area contributed by atoms with Gasteiger partial charge in [-0.1, -0.05) is 12.1 Å². The summed E-state index contributed by atoms with van der Waals surface area (Å²) >= 11 is 0. The van der Waals surface area contributed by atoms with Crippen molar-refractivity contribution < 1.29 is 22.7 Å². The van der Waals surface area contributed by atoms with Gasteiger partial charge in [0.1, 0.15) is 11.5 Å². The number of anilines is 2. The number of ether oxygens (including phenoxy) is 2. The minimum absolute atomic E-state index is 0.00148. The van der Waals surface area contributed by atoms with Crippen molar-refractivity contribution in [2.24, 2.45) is 0 Å². The van der Waals surface area contributed by atoms with E-state index in [2.05, 4.69) is 5.32 Å². The van der Waals surface area contributed by atoms with Gasteiger partial charge in [0, 0.05) is 30.8 Å². The second-order valence-electron chi connectivity index (χ2n) is 5.57. The van der Waals surface area contributed by atoms with E-state index >= 15 is 0 Å². The fraction of sp³-hybridized carbons (Fsp3) is 0.278. The van der Waals surface area contributed by atoms with Crippen molar-refractivity contribution in [3.63, 3.8) is 0 Å². The number of nitrogens with zero attached hydrogens (tertiary/aromatic N) is 1. The van der Waals surface area contributed by atoms with Crippen LogP contribution in [0, 0.1) is 0 Å². The van der Waals surface area contributed by atoms with E-state index in [4.69, 9.17) is 9.47 Å². The van der Waals surface area contributed by atoms with Crippen molar-refractivity contribution >= 4 is 27.3 Å². The predicted molar refractivity (Wildman–Crippen MR) is 101 cm³/mol. The molecule has 0 unspecified atom stereocenters. The third kappa shape index (κ3) is 5.38. The molecule has 0 aromatic heterocycles. The Morgan fingerprint density at radius 3 is 2.27 bits per heavy atom. The van der Waals surface area contributed by atoms with Crippen LogP contribution in [0.4, 0.5) is 11.4 Å². The van der Waals surface area contributed by atoms with Crippen molar-refractivity contribution in [3.05, 3.63) is 48.5 Å². The van der Waals surface area contributed by atoms with Crippen molar-refractivity contribution in [1.29, 1.82) is 0 Å². The SMILES string of the molecule is COc1cccc(NC(=O)CCN(c2cccc(OC)c2)S(C)(=O)=O)c1. The fourth-order valence-electron chi connectivity index (χ4n) is 2.38. The molecular weight excluding hydrogens is 356 g/mol. The lowest BCUT2D eigenvalue weighted by Gasteiger charge is -2.22. The lowest BCUT2D eigenvalue weighted by atomic mass is 10.2. The first-order chi connectivity index (χ1) is 12.3. The molecule has 2 rings (SSSR count). The van der Waals surface area contributed by atoms with Gasteiger partial charge in [-0.25, -0.2) is 8.42 Å². The number of carbonyl (C=O) groups is 1. The first-order valence-corrected chi connectivity index (χ1v) is 9.74. The minimum Gasteiger partial charge on any atom is -0.497 e. The summed E-state index contributed by atoms with van der Waals surface area (Å²) < 4.78 is 35.7. The summed E-state index contributed by atoms with van der Waals surface area (Å²) in [7, 11) is -0.498. The zero-order valence-corrected chi connectivity index (χ0v) is 15.7. The normalized spacial score (nSPS) is 10.9. The smallest absolute Gasteiger partial charge is 0.232 e. The molecule has 1 amide bonds. The summed E-state index contributed by atoms with van der Waals surface area (Å²) in [5.74, 6) is 0.865. The third-order valence-corrected chi connectivity index (χ3v) is 4.83. The Morgan fingerprint density at radius 2 is 1.65 bits per heavy atom. The number of nitrogens with one attached hydrogen (secondary N) is 1. The van der Waals surface area contributed by atoms with E-state index in [1.54, 1.807) is 55.6 Å². The van der Waals surface area contributed by atoms with Crippen LogP contribution in [-0.2, 0) is 14.8 Å². The van der Waals surface area contributed by atoms with E-state index in [0.29, 0.717) is 22.9 Å². The molecule has 1 N–H and O–H groups in total. The van der Waals surface area contributed by atoms with Crippen molar-refractivity contribution in [3.8, 4) is 11.5 Å². The van der Waals surface area contributed by atoms with Gasteiger partial charge in [-0.15, -0.1) is 0 Å². The zero-order chi connectivity index (χ0) is 19.2. The van der Waals surface area contributed by atoms with E-state index in [1.165, 1.54) is 11.4 Å². The quantitative estimate of drug-likeness (QED) is 0.763. The largest absolute Gasteiger partial charge is 0.497 e. The molecule has 0 radical (unpaired) electrons. The van der Waals surface area contributed by atoms with Gasteiger partial charge in [-0.2, -0.15) is 0 Å². The molecule has 0 saturated carbocycles. The number of carbonyl (C=O) groups excluding carboxylic acids is 1. The van der Waals surface area contributed by atoms with Crippen molar-refractivity contribution in [2.75, 3.05) is 36.6 Å². The molecule has 140 valence electrons. The number of sulfonamides is 1. The van der Waals surface area contributed by atoms with Gasteiger partial charge < -0.3 is 14.8 Å². The number of hydrogen-bond donors (Lipinski definition) is 1. The van der Waals surface area contributed by atoms with Crippen LogP contribution in [-0.4, -0.2) is 41.3 Å². The Balaban J connectivity index is 2.08. The molecule has 0 aliphatic carbocycles. The number of rotatable bonds is 8. The standard InChI is InChI=1S/C18H22N2O5S/c1-24-16-8-4-6-14(12-16)19-18(21)10-11-20(26(3,22)23)15-7-5-9-17(13-15)25-2/h4-9,12-13H,10-11H2,1-3H3,(H,19,21). The molecule has 0 heterocycles. The first-order valence-electron chi connectivity index (χ1n) is 7.89. The molecular formula is C18H22N2O5S. The molecule has 7 nitrogen and oxygen atoms in total. The molecule has 0 aliphatic heterocycles. The molecule has 26 heavy (non-hydrogen) atoms. The molecule has 0 aliphatic rings. The van der Waals surface area contributed by atoms with E-state index in [-0.39, 0.29) is 18.9 Å². The lowest BCUT2D eigenvalue weighted by molar-refractivity contribution is -0.116. The highest BCUT2D eigenvalue weighted by atomic mass is 32.2. The lowest BCUT2D eigenvalue weighted by Crippen LogP contribution is -2.33. The van der Waals surface area contributed by atoms with Crippen LogP contribution in [0.25, 0.3) is 0 Å². The number of methoxy groups -OCH3 is 2. The summed E-state index contributed by atoms with van der Waals surface area (Å²) in [6.45, 7) is 0.0157. The maximum atomic E-state index is 12.2. The van der Waals surface area contributed by atoms with Gasteiger partial charge in [0.05, 0.1) is 26.2 Å². The number of hydrogen-bond acceptors (Lipinski definition) is 5. The Hall–Kier alpha value is -2.74. The Labute approximate surface area is 153 Å². The number of benzene rings is 2. The summed E-state index contributed by atoms with van der Waals surface area (Å²) in [5, 5.41) is 2.73. The monoisotopic (exact) mass is 378 g/mol. The summed E-state index contributed by atoms with van der Waals surface area (Å²) in [6.07, 6.45) is 1.11. The van der Waals surface area contributed by atoms with Gasteiger partial charge in [0.2, 0.25) is 15.9 Å². The van der Waals surface area contributed by atoms with Gasteiger partial charge in [-0.3, -0.25) is 9.10 Å². The number of amides is 1. The maximum Gasteiger partial charge on any atom is 0.232 e. The van der Waals surface area contributed by atoms with Crippen LogP contribution >= 0.6 is 0 Å². The van der Waals surface area contributed by atoms with E-state index in [9.17, 15) is 13.2 Å². The van der Waals surface area contributed by atoms with E-state index in [0.717, 1.165) is 6.26 Å². The Morgan fingerprint density at radius 1 is 1.04 bits per heavy atom. The first kappa shape index (κ1) is 19.6. The summed E-state index contributed by atoms with van der Waals surface area (Å²) in [4.78, 5) is 12.2. The molecule has 2 aromatic carbocycles. The summed E-state index contributed by atoms with van der Waals surface area (Å²) in [5.41, 5.74) is 1.03. The van der Waals surface area contributed by atoms with Crippen LogP contribution in [0.1, 0.15) is 6.42 Å². The average molecular weight is 378 g/mol. The van der Waals surface area contributed by atoms with Crippen molar-refractivity contribution in [2.45, 2.75) is 6.42 Å². The van der Waals surface area contributed by atoms with Gasteiger partial charge in [0.15, 0.2) is 0 Å². The highest BCUT2D eigenvalue weighted by molar-refractivity contribution is 7.92. The van der Waals surface area contributed by atoms with Gasteiger partial charge >= 0.3 is 0 Å². The Kier molecular flexibility index (Phi) is 6.46.